The van der Waals surface area contributed by atoms with Gasteiger partial charge in [-0.1, -0.05) is 24.3 Å². The summed E-state index contributed by atoms with van der Waals surface area (Å²) in [5.74, 6) is 0.296. The maximum atomic E-state index is 12.9. The van der Waals surface area contributed by atoms with Crippen molar-refractivity contribution in [2.24, 2.45) is 4.99 Å². The molecule has 0 unspecified atom stereocenters. The summed E-state index contributed by atoms with van der Waals surface area (Å²) < 4.78 is 12.9. The predicted octanol–water partition coefficient (Wildman–Crippen LogP) is 3.06. The van der Waals surface area contributed by atoms with E-state index in [1.165, 1.54) is 12.1 Å². The third-order valence-corrected chi connectivity index (χ3v) is 3.55. The number of carbonyl (C=O) groups is 1. The van der Waals surface area contributed by atoms with Gasteiger partial charge in [0.2, 0.25) is 0 Å². The molecular weight excluding hydrogens is 446 g/mol. The molecule has 0 aliphatic rings. The number of amides is 1. The van der Waals surface area contributed by atoms with Crippen molar-refractivity contribution in [2.75, 3.05) is 13.6 Å². The Balaban J connectivity index is 0.00000338. The number of halogens is 2. The third-order valence-electron chi connectivity index (χ3n) is 3.55. The number of rotatable bonds is 6. The van der Waals surface area contributed by atoms with Gasteiger partial charge in [0, 0.05) is 25.7 Å². The van der Waals surface area contributed by atoms with Crippen LogP contribution in [0.15, 0.2) is 53.5 Å². The highest BCUT2D eigenvalue weighted by molar-refractivity contribution is 14.0. The topological polar surface area (TPSA) is 65.5 Å². The van der Waals surface area contributed by atoms with Crippen LogP contribution in [0.1, 0.15) is 28.4 Å². The first-order valence-corrected chi connectivity index (χ1v) is 8.20. The Labute approximate surface area is 170 Å². The molecule has 5 nitrogen and oxygen atoms in total. The predicted molar refractivity (Wildman–Crippen MR) is 113 cm³/mol. The van der Waals surface area contributed by atoms with Crippen LogP contribution in [0.2, 0.25) is 0 Å². The number of guanidine groups is 1. The lowest BCUT2D eigenvalue weighted by atomic mass is 10.1. The maximum Gasteiger partial charge on any atom is 0.251 e. The Morgan fingerprint density at radius 2 is 1.81 bits per heavy atom. The van der Waals surface area contributed by atoms with E-state index in [1.807, 2.05) is 25.1 Å². The zero-order valence-electron chi connectivity index (χ0n) is 14.9. The van der Waals surface area contributed by atoms with E-state index in [0.29, 0.717) is 24.6 Å². The van der Waals surface area contributed by atoms with E-state index in [2.05, 4.69) is 20.9 Å². The van der Waals surface area contributed by atoms with Gasteiger partial charge in [0.1, 0.15) is 5.82 Å². The molecule has 0 saturated carbocycles. The second-order valence-electron chi connectivity index (χ2n) is 5.45. The SMILES string of the molecule is CCNC(=NCc1cccc(C(=O)NC)c1)NCc1ccc(F)cc1.I. The average molecular weight is 470 g/mol. The van der Waals surface area contributed by atoms with Crippen LogP contribution < -0.4 is 16.0 Å². The summed E-state index contributed by atoms with van der Waals surface area (Å²) in [5.41, 5.74) is 2.52. The van der Waals surface area contributed by atoms with Crippen LogP contribution >= 0.6 is 24.0 Å². The molecule has 0 bridgehead atoms. The molecule has 3 N–H and O–H groups in total. The first-order valence-electron chi connectivity index (χ1n) is 8.20. The molecule has 1 amide bonds. The van der Waals surface area contributed by atoms with Gasteiger partial charge in [-0.05, 0) is 42.3 Å². The molecule has 26 heavy (non-hydrogen) atoms. The minimum atomic E-state index is -0.250. The van der Waals surface area contributed by atoms with Gasteiger partial charge in [0.05, 0.1) is 6.54 Å². The molecule has 2 rings (SSSR count). The van der Waals surface area contributed by atoms with Crippen LogP contribution in [-0.4, -0.2) is 25.5 Å². The summed E-state index contributed by atoms with van der Waals surface area (Å²) in [5, 5.41) is 8.99. The lowest BCUT2D eigenvalue weighted by molar-refractivity contribution is 0.0963. The highest BCUT2D eigenvalue weighted by Gasteiger charge is 2.04. The van der Waals surface area contributed by atoms with E-state index >= 15 is 0 Å². The van der Waals surface area contributed by atoms with Gasteiger partial charge in [0.15, 0.2) is 5.96 Å². The van der Waals surface area contributed by atoms with Crippen molar-refractivity contribution >= 4 is 35.8 Å². The Hall–Kier alpha value is -2.16. The summed E-state index contributed by atoms with van der Waals surface area (Å²) in [4.78, 5) is 16.2. The van der Waals surface area contributed by atoms with Crippen LogP contribution in [-0.2, 0) is 13.1 Å². The minimum Gasteiger partial charge on any atom is -0.357 e. The molecule has 0 saturated heterocycles. The quantitative estimate of drug-likeness (QED) is 0.346. The fourth-order valence-corrected chi connectivity index (χ4v) is 2.26. The minimum absolute atomic E-state index is 0. The van der Waals surface area contributed by atoms with E-state index < -0.39 is 0 Å². The molecule has 0 aliphatic carbocycles. The van der Waals surface area contributed by atoms with Crippen molar-refractivity contribution < 1.29 is 9.18 Å². The van der Waals surface area contributed by atoms with Crippen molar-refractivity contribution in [1.29, 1.82) is 0 Å². The van der Waals surface area contributed by atoms with Gasteiger partial charge in [0.25, 0.3) is 5.91 Å². The van der Waals surface area contributed by atoms with Crippen molar-refractivity contribution in [3.05, 3.63) is 71.0 Å². The summed E-state index contributed by atoms with van der Waals surface area (Å²) in [7, 11) is 1.61. The molecule has 140 valence electrons. The Morgan fingerprint density at radius 3 is 2.46 bits per heavy atom. The highest BCUT2D eigenvalue weighted by atomic mass is 127. The van der Waals surface area contributed by atoms with Gasteiger partial charge in [-0.3, -0.25) is 4.79 Å². The maximum absolute atomic E-state index is 12.9. The van der Waals surface area contributed by atoms with Crippen LogP contribution in [0.4, 0.5) is 4.39 Å². The van der Waals surface area contributed by atoms with E-state index in [4.69, 9.17) is 0 Å². The number of carbonyl (C=O) groups excluding carboxylic acids is 1. The molecule has 0 aliphatic heterocycles. The van der Waals surface area contributed by atoms with Gasteiger partial charge >= 0.3 is 0 Å². The fraction of sp³-hybridized carbons (Fsp3) is 0.263. The summed E-state index contributed by atoms with van der Waals surface area (Å²) in [6, 6.07) is 13.7. The second kappa shape index (κ2) is 11.5. The Kier molecular flexibility index (Phi) is 9.64. The van der Waals surface area contributed by atoms with E-state index in [0.717, 1.165) is 17.7 Å². The van der Waals surface area contributed by atoms with E-state index in [9.17, 15) is 9.18 Å². The van der Waals surface area contributed by atoms with Crippen molar-refractivity contribution in [2.45, 2.75) is 20.0 Å². The normalized spacial score (nSPS) is 10.7. The molecule has 0 spiro atoms. The van der Waals surface area contributed by atoms with Gasteiger partial charge in [-0.15, -0.1) is 24.0 Å². The molecule has 0 aromatic heterocycles. The standard InChI is InChI=1S/C19H23FN4O.HI/c1-3-22-19(23-12-14-7-9-17(20)10-8-14)24-13-15-5-4-6-16(11-15)18(25)21-2;/h4-11H,3,12-13H2,1-2H3,(H,21,25)(H2,22,23,24);1H. The van der Waals surface area contributed by atoms with E-state index in [-0.39, 0.29) is 35.7 Å². The van der Waals surface area contributed by atoms with Crippen molar-refractivity contribution in [3.8, 4) is 0 Å². The third kappa shape index (κ3) is 6.99. The first kappa shape index (κ1) is 21.9. The zero-order valence-corrected chi connectivity index (χ0v) is 17.2. The smallest absolute Gasteiger partial charge is 0.251 e. The van der Waals surface area contributed by atoms with Crippen LogP contribution in [0, 0.1) is 5.82 Å². The molecule has 0 fully saturated rings. The largest absolute Gasteiger partial charge is 0.357 e. The lowest BCUT2D eigenvalue weighted by Gasteiger charge is -2.11. The van der Waals surface area contributed by atoms with Gasteiger partial charge in [-0.2, -0.15) is 0 Å². The van der Waals surface area contributed by atoms with Crippen LogP contribution in [0.3, 0.4) is 0 Å². The van der Waals surface area contributed by atoms with Crippen molar-refractivity contribution in [1.82, 2.24) is 16.0 Å². The molecule has 2 aromatic carbocycles. The number of hydrogen-bond donors (Lipinski definition) is 3. The Bertz CT molecular complexity index is 735. The number of nitrogens with zero attached hydrogens (tertiary/aromatic N) is 1. The lowest BCUT2D eigenvalue weighted by Crippen LogP contribution is -2.36. The average Bonchev–Trinajstić information content (AvgIpc) is 2.65. The fourth-order valence-electron chi connectivity index (χ4n) is 2.26. The highest BCUT2D eigenvalue weighted by Crippen LogP contribution is 2.07. The second-order valence-corrected chi connectivity index (χ2v) is 5.45. The van der Waals surface area contributed by atoms with Gasteiger partial charge < -0.3 is 16.0 Å². The molecule has 7 heteroatoms. The molecule has 0 radical (unpaired) electrons. The molecule has 0 heterocycles. The van der Waals surface area contributed by atoms with Gasteiger partial charge in [-0.25, -0.2) is 9.38 Å². The monoisotopic (exact) mass is 470 g/mol. The number of benzene rings is 2. The van der Waals surface area contributed by atoms with E-state index in [1.54, 1.807) is 25.2 Å². The molecular formula is C19H24FIN4O. The summed E-state index contributed by atoms with van der Waals surface area (Å²) >= 11 is 0. The zero-order chi connectivity index (χ0) is 18.1. The van der Waals surface area contributed by atoms with Crippen LogP contribution in [0.25, 0.3) is 0 Å². The number of hydrogen-bond acceptors (Lipinski definition) is 2. The first-order chi connectivity index (χ1) is 12.1. The Morgan fingerprint density at radius 1 is 1.08 bits per heavy atom. The number of aliphatic imine (C=N–C) groups is 1. The summed E-state index contributed by atoms with van der Waals surface area (Å²) in [6.45, 7) is 3.71. The van der Waals surface area contributed by atoms with Crippen LogP contribution in [0.5, 0.6) is 0 Å². The van der Waals surface area contributed by atoms with Crippen molar-refractivity contribution in [3.63, 3.8) is 0 Å². The summed E-state index contributed by atoms with van der Waals surface area (Å²) in [6.07, 6.45) is 0. The molecule has 2 aromatic rings. The number of nitrogens with one attached hydrogen (secondary N) is 3. The molecule has 0 atom stereocenters.